The molecular weight excluding hydrogens is 352 g/mol. The highest BCUT2D eigenvalue weighted by atomic mass is 16.2. The van der Waals surface area contributed by atoms with Gasteiger partial charge >= 0.3 is 0 Å². The van der Waals surface area contributed by atoms with Crippen molar-refractivity contribution >= 4 is 28.5 Å². The summed E-state index contributed by atoms with van der Waals surface area (Å²) in [5.41, 5.74) is 2.01. The molecule has 28 heavy (non-hydrogen) atoms. The van der Waals surface area contributed by atoms with E-state index in [-0.39, 0.29) is 11.8 Å². The molecule has 132 valence electrons. The number of carbonyl (C=O) groups excluding carboxylic acids is 2. The van der Waals surface area contributed by atoms with Crippen LogP contribution >= 0.6 is 0 Å². The zero-order valence-electron chi connectivity index (χ0n) is 14.5. The van der Waals surface area contributed by atoms with E-state index in [2.05, 4.69) is 11.1 Å². The smallest absolute Gasteiger partial charge is 0.267 e. The highest BCUT2D eigenvalue weighted by molar-refractivity contribution is 6.34. The molecule has 4 aromatic rings. The lowest BCUT2D eigenvalue weighted by Crippen LogP contribution is -2.31. The lowest BCUT2D eigenvalue weighted by Gasteiger charge is -2.17. The van der Waals surface area contributed by atoms with Crippen molar-refractivity contribution < 1.29 is 9.59 Å². The van der Waals surface area contributed by atoms with Crippen molar-refractivity contribution in [1.29, 1.82) is 5.26 Å². The molecule has 0 radical (unpaired) electrons. The topological polar surface area (TPSA) is 79.0 Å². The van der Waals surface area contributed by atoms with E-state index in [0.717, 1.165) is 10.9 Å². The van der Waals surface area contributed by atoms with Crippen molar-refractivity contribution in [3.8, 4) is 11.9 Å². The summed E-state index contributed by atoms with van der Waals surface area (Å²) in [4.78, 5) is 31.6. The molecule has 5 rings (SSSR count). The van der Waals surface area contributed by atoms with Crippen LogP contribution in [0.5, 0.6) is 0 Å². The third kappa shape index (κ3) is 2.17. The van der Waals surface area contributed by atoms with E-state index in [0.29, 0.717) is 28.3 Å². The molecule has 0 atom stereocenters. The van der Waals surface area contributed by atoms with Crippen LogP contribution in [0.25, 0.3) is 16.7 Å². The fourth-order valence-electron chi connectivity index (χ4n) is 3.56. The summed E-state index contributed by atoms with van der Waals surface area (Å²) in [7, 11) is 0. The van der Waals surface area contributed by atoms with Crippen LogP contribution in [0.4, 0.5) is 5.82 Å². The van der Waals surface area contributed by atoms with Gasteiger partial charge in [-0.25, -0.2) is 9.88 Å². The van der Waals surface area contributed by atoms with Crippen LogP contribution in [0, 0.1) is 11.3 Å². The molecule has 1 aliphatic heterocycles. The fourth-order valence-corrected chi connectivity index (χ4v) is 3.56. The summed E-state index contributed by atoms with van der Waals surface area (Å²) >= 11 is 0. The maximum Gasteiger partial charge on any atom is 0.267 e. The van der Waals surface area contributed by atoms with Gasteiger partial charge in [-0.15, -0.1) is 0 Å². The van der Waals surface area contributed by atoms with Crippen molar-refractivity contribution in [3.63, 3.8) is 0 Å². The van der Waals surface area contributed by atoms with Gasteiger partial charge in [0.05, 0.1) is 28.3 Å². The molecule has 0 spiro atoms. The van der Waals surface area contributed by atoms with E-state index in [1.807, 2.05) is 6.07 Å². The quantitative estimate of drug-likeness (QED) is 0.508. The SMILES string of the molecule is N#Cc1ccc2c(c1)cc(N1C(=O)c3ccccc3C1=O)n2-c1ccccn1. The number of imide groups is 1. The number of fused-ring (bicyclic) bond motifs is 2. The molecule has 0 saturated carbocycles. The molecule has 0 unspecified atom stereocenters. The molecule has 2 aromatic heterocycles. The van der Waals surface area contributed by atoms with Gasteiger partial charge in [0.15, 0.2) is 0 Å². The largest absolute Gasteiger partial charge is 0.279 e. The standard InChI is InChI=1S/C22H12N4O2/c23-13-14-8-9-18-15(11-14)12-20(25(18)19-7-3-4-10-24-19)26-21(27)16-5-1-2-6-17(16)22(26)28/h1-12H. The Morgan fingerprint density at radius 2 is 1.57 bits per heavy atom. The van der Waals surface area contributed by atoms with Gasteiger partial charge in [0, 0.05) is 11.6 Å². The number of nitrogens with zero attached hydrogens (tertiary/aromatic N) is 4. The summed E-state index contributed by atoms with van der Waals surface area (Å²) in [5.74, 6) is 0.228. The minimum absolute atomic E-state index is 0.374. The lowest BCUT2D eigenvalue weighted by molar-refractivity contribution is 0.0924. The molecule has 3 heterocycles. The Morgan fingerprint density at radius 3 is 2.21 bits per heavy atom. The second-order valence-electron chi connectivity index (χ2n) is 6.40. The van der Waals surface area contributed by atoms with Gasteiger partial charge < -0.3 is 0 Å². The molecule has 6 heteroatoms. The summed E-state index contributed by atoms with van der Waals surface area (Å²) in [6, 6.07) is 21.3. The molecule has 1 aliphatic rings. The van der Waals surface area contributed by atoms with Crippen molar-refractivity contribution in [3.05, 3.63) is 89.6 Å². The molecule has 6 nitrogen and oxygen atoms in total. The van der Waals surface area contributed by atoms with E-state index in [4.69, 9.17) is 0 Å². The number of aromatic nitrogens is 2. The van der Waals surface area contributed by atoms with Crippen LogP contribution in [0.1, 0.15) is 26.3 Å². The number of amides is 2. The zero-order valence-corrected chi connectivity index (χ0v) is 14.5. The monoisotopic (exact) mass is 364 g/mol. The predicted molar refractivity (Wildman–Crippen MR) is 103 cm³/mol. The van der Waals surface area contributed by atoms with E-state index in [9.17, 15) is 14.9 Å². The van der Waals surface area contributed by atoms with Gasteiger partial charge in [0.1, 0.15) is 11.6 Å². The van der Waals surface area contributed by atoms with E-state index >= 15 is 0 Å². The number of nitriles is 1. The van der Waals surface area contributed by atoms with Crippen molar-refractivity contribution in [2.45, 2.75) is 0 Å². The van der Waals surface area contributed by atoms with Crippen LogP contribution < -0.4 is 4.90 Å². The van der Waals surface area contributed by atoms with Gasteiger partial charge in [0.25, 0.3) is 11.8 Å². The number of rotatable bonds is 2. The minimum Gasteiger partial charge on any atom is -0.279 e. The molecule has 0 bridgehead atoms. The number of benzene rings is 2. The molecule has 0 saturated heterocycles. The van der Waals surface area contributed by atoms with Crippen molar-refractivity contribution in [1.82, 2.24) is 9.55 Å². The predicted octanol–water partition coefficient (Wildman–Crippen LogP) is 3.70. The van der Waals surface area contributed by atoms with Crippen LogP contribution in [-0.4, -0.2) is 21.4 Å². The van der Waals surface area contributed by atoms with Gasteiger partial charge in [-0.2, -0.15) is 5.26 Å². The Kier molecular flexibility index (Phi) is 3.36. The summed E-state index contributed by atoms with van der Waals surface area (Å²) < 4.78 is 1.76. The van der Waals surface area contributed by atoms with E-state index in [1.165, 1.54) is 4.90 Å². The average Bonchev–Trinajstić information content (AvgIpc) is 3.23. The van der Waals surface area contributed by atoms with Crippen LogP contribution in [-0.2, 0) is 0 Å². The number of hydrogen-bond acceptors (Lipinski definition) is 4. The number of carbonyl (C=O) groups is 2. The molecule has 2 aromatic carbocycles. The Balaban J connectivity index is 1.80. The van der Waals surface area contributed by atoms with Crippen molar-refractivity contribution in [2.24, 2.45) is 0 Å². The van der Waals surface area contributed by atoms with Crippen LogP contribution in [0.15, 0.2) is 72.9 Å². The van der Waals surface area contributed by atoms with E-state index in [1.54, 1.807) is 71.4 Å². The molecule has 2 amide bonds. The van der Waals surface area contributed by atoms with Crippen LogP contribution in [0.2, 0.25) is 0 Å². The third-order valence-electron chi connectivity index (χ3n) is 4.81. The van der Waals surface area contributed by atoms with Gasteiger partial charge in [-0.05, 0) is 48.5 Å². The van der Waals surface area contributed by atoms with Gasteiger partial charge in [-0.1, -0.05) is 18.2 Å². The third-order valence-corrected chi connectivity index (χ3v) is 4.81. The normalized spacial score (nSPS) is 13.0. The van der Waals surface area contributed by atoms with Gasteiger partial charge in [-0.3, -0.25) is 14.2 Å². The number of anilines is 1. The Bertz CT molecular complexity index is 1280. The highest BCUT2D eigenvalue weighted by Crippen LogP contribution is 2.35. The van der Waals surface area contributed by atoms with E-state index < -0.39 is 0 Å². The maximum absolute atomic E-state index is 13.0. The Hall–Kier alpha value is -4.24. The Morgan fingerprint density at radius 1 is 0.857 bits per heavy atom. The molecule has 0 aliphatic carbocycles. The van der Waals surface area contributed by atoms with Crippen LogP contribution in [0.3, 0.4) is 0 Å². The number of hydrogen-bond donors (Lipinski definition) is 0. The first kappa shape index (κ1) is 16.0. The van der Waals surface area contributed by atoms with Gasteiger partial charge in [0.2, 0.25) is 0 Å². The molecular formula is C22H12N4O2. The summed E-state index contributed by atoms with van der Waals surface area (Å²) in [5, 5.41) is 9.96. The van der Waals surface area contributed by atoms with Crippen molar-refractivity contribution in [2.75, 3.05) is 4.90 Å². The number of pyridine rings is 1. The Labute approximate surface area is 159 Å². The summed E-state index contributed by atoms with van der Waals surface area (Å²) in [6.45, 7) is 0. The second-order valence-corrected chi connectivity index (χ2v) is 6.40. The zero-order chi connectivity index (χ0) is 19.3. The first-order valence-electron chi connectivity index (χ1n) is 8.64. The molecule has 0 fully saturated rings. The highest BCUT2D eigenvalue weighted by Gasteiger charge is 2.38. The minimum atomic E-state index is -0.374. The maximum atomic E-state index is 13.0. The fraction of sp³-hybridized carbons (Fsp3) is 0. The first-order chi connectivity index (χ1) is 13.7. The molecule has 0 N–H and O–H groups in total. The lowest BCUT2D eigenvalue weighted by atomic mass is 10.1. The second kappa shape index (κ2) is 5.89. The average molecular weight is 364 g/mol. The first-order valence-corrected chi connectivity index (χ1v) is 8.64. The summed E-state index contributed by atoms with van der Waals surface area (Å²) in [6.07, 6.45) is 1.65.